The van der Waals surface area contributed by atoms with E-state index in [1.807, 2.05) is 0 Å². The number of rotatable bonds is 0. The number of hydrogen-bond acceptors (Lipinski definition) is 1. The SMILES string of the molecule is CN1CCc2c[c]cc3c2C1Cc1ccccc1-3. The van der Waals surface area contributed by atoms with Crippen LogP contribution in [-0.4, -0.2) is 18.5 Å². The first kappa shape index (κ1) is 10.3. The van der Waals surface area contributed by atoms with Crippen LogP contribution in [0.5, 0.6) is 0 Å². The number of likely N-dealkylation sites (N-methyl/N-ethyl adjacent to an activating group) is 1. The predicted molar refractivity (Wildman–Crippen MR) is 73.5 cm³/mol. The Hall–Kier alpha value is -1.60. The molecule has 1 atom stereocenters. The number of hydrogen-bond donors (Lipinski definition) is 0. The van der Waals surface area contributed by atoms with E-state index in [1.54, 1.807) is 5.56 Å². The number of nitrogens with zero attached hydrogens (tertiary/aromatic N) is 1. The molecule has 18 heavy (non-hydrogen) atoms. The van der Waals surface area contributed by atoms with Crippen LogP contribution in [-0.2, 0) is 12.8 Å². The summed E-state index contributed by atoms with van der Waals surface area (Å²) in [5.74, 6) is 0. The zero-order valence-corrected chi connectivity index (χ0v) is 10.6. The lowest BCUT2D eigenvalue weighted by molar-refractivity contribution is 0.228. The summed E-state index contributed by atoms with van der Waals surface area (Å²) in [7, 11) is 2.25. The van der Waals surface area contributed by atoms with Gasteiger partial charge < -0.3 is 0 Å². The molecule has 1 aliphatic heterocycles. The summed E-state index contributed by atoms with van der Waals surface area (Å²) in [5.41, 5.74) is 7.36. The molecular weight excluding hydrogens is 218 g/mol. The summed E-state index contributed by atoms with van der Waals surface area (Å²) in [5, 5.41) is 0. The topological polar surface area (TPSA) is 3.24 Å². The maximum absolute atomic E-state index is 3.33. The Morgan fingerprint density at radius 2 is 2.00 bits per heavy atom. The highest BCUT2D eigenvalue weighted by Crippen LogP contribution is 2.44. The molecule has 0 fully saturated rings. The summed E-state index contributed by atoms with van der Waals surface area (Å²) < 4.78 is 0. The maximum atomic E-state index is 3.33. The number of fused-ring (bicyclic) bond motifs is 2. The largest absolute Gasteiger partial charge is 0.299 e. The average Bonchev–Trinajstić information content (AvgIpc) is 2.43. The molecule has 0 bridgehead atoms. The van der Waals surface area contributed by atoms with Gasteiger partial charge in [-0.05, 0) is 59.8 Å². The van der Waals surface area contributed by atoms with Gasteiger partial charge in [-0.3, -0.25) is 4.90 Å². The van der Waals surface area contributed by atoms with Crippen LogP contribution in [0.2, 0.25) is 0 Å². The fourth-order valence-corrected chi connectivity index (χ4v) is 3.48. The van der Waals surface area contributed by atoms with E-state index in [4.69, 9.17) is 0 Å². The molecule has 2 aromatic carbocycles. The lowest BCUT2D eigenvalue weighted by Crippen LogP contribution is -2.35. The van der Waals surface area contributed by atoms with E-state index in [0.717, 1.165) is 19.4 Å². The van der Waals surface area contributed by atoms with Crippen LogP contribution < -0.4 is 0 Å². The van der Waals surface area contributed by atoms with Crippen molar-refractivity contribution in [2.75, 3.05) is 13.6 Å². The molecule has 1 heterocycles. The molecule has 1 radical (unpaired) electrons. The van der Waals surface area contributed by atoms with Gasteiger partial charge in [0.25, 0.3) is 0 Å². The fraction of sp³-hybridized carbons (Fsp3) is 0.294. The molecule has 0 aromatic heterocycles. The van der Waals surface area contributed by atoms with Crippen molar-refractivity contribution in [1.82, 2.24) is 4.90 Å². The summed E-state index contributed by atoms with van der Waals surface area (Å²) >= 11 is 0. The highest BCUT2D eigenvalue weighted by atomic mass is 15.1. The molecule has 2 aromatic rings. The van der Waals surface area contributed by atoms with Gasteiger partial charge >= 0.3 is 0 Å². The molecule has 1 unspecified atom stereocenters. The number of benzene rings is 2. The summed E-state index contributed by atoms with van der Waals surface area (Å²) in [6.45, 7) is 1.16. The lowest BCUT2D eigenvalue weighted by Gasteiger charge is -2.39. The zero-order valence-electron chi connectivity index (χ0n) is 10.6. The second kappa shape index (κ2) is 3.69. The quantitative estimate of drug-likeness (QED) is 0.676. The van der Waals surface area contributed by atoms with Crippen LogP contribution in [0.1, 0.15) is 22.7 Å². The third kappa shape index (κ3) is 1.31. The van der Waals surface area contributed by atoms with Crippen LogP contribution in [0, 0.1) is 6.07 Å². The van der Waals surface area contributed by atoms with E-state index in [1.165, 1.54) is 22.3 Å². The molecule has 4 rings (SSSR count). The molecule has 0 saturated carbocycles. The molecular formula is C17H16N. The molecule has 1 aliphatic carbocycles. The van der Waals surface area contributed by atoms with E-state index in [9.17, 15) is 0 Å². The molecule has 1 heteroatoms. The van der Waals surface area contributed by atoms with Gasteiger partial charge in [0.2, 0.25) is 0 Å². The van der Waals surface area contributed by atoms with Crippen molar-refractivity contribution in [1.29, 1.82) is 0 Å². The second-order valence-corrected chi connectivity index (χ2v) is 5.42. The fourth-order valence-electron chi connectivity index (χ4n) is 3.48. The van der Waals surface area contributed by atoms with Crippen LogP contribution in [0.15, 0.2) is 36.4 Å². The monoisotopic (exact) mass is 234 g/mol. The molecule has 1 nitrogen and oxygen atoms in total. The van der Waals surface area contributed by atoms with E-state index in [2.05, 4.69) is 54.4 Å². The lowest BCUT2D eigenvalue weighted by atomic mass is 9.77. The minimum Gasteiger partial charge on any atom is -0.299 e. The van der Waals surface area contributed by atoms with Crippen molar-refractivity contribution >= 4 is 0 Å². The predicted octanol–water partition coefficient (Wildman–Crippen LogP) is 3.24. The minimum absolute atomic E-state index is 0.563. The molecule has 89 valence electrons. The van der Waals surface area contributed by atoms with Crippen LogP contribution in [0.25, 0.3) is 11.1 Å². The van der Waals surface area contributed by atoms with Crippen molar-refractivity contribution in [3.8, 4) is 11.1 Å². The van der Waals surface area contributed by atoms with Gasteiger partial charge in [0.15, 0.2) is 0 Å². The highest BCUT2D eigenvalue weighted by Gasteiger charge is 2.31. The second-order valence-electron chi connectivity index (χ2n) is 5.42. The van der Waals surface area contributed by atoms with Gasteiger partial charge in [0.1, 0.15) is 0 Å². The Balaban J connectivity index is 2.03. The van der Waals surface area contributed by atoms with Gasteiger partial charge in [0, 0.05) is 12.6 Å². The van der Waals surface area contributed by atoms with Gasteiger partial charge in [-0.1, -0.05) is 30.3 Å². The molecule has 0 N–H and O–H groups in total. The Kier molecular flexibility index (Phi) is 2.12. The third-order valence-electron chi connectivity index (χ3n) is 4.44. The average molecular weight is 234 g/mol. The third-order valence-corrected chi connectivity index (χ3v) is 4.44. The standard InChI is InChI=1S/C17H16N/c1-18-10-9-12-6-4-8-15-14-7-3-2-5-13(14)11-16(18)17(12)15/h2-3,5-8,16H,9-11H2,1H3. The minimum atomic E-state index is 0.563. The molecule has 2 aliphatic rings. The Morgan fingerprint density at radius 3 is 2.94 bits per heavy atom. The van der Waals surface area contributed by atoms with Crippen molar-refractivity contribution in [2.24, 2.45) is 0 Å². The maximum Gasteiger partial charge on any atom is 0.0394 e. The Morgan fingerprint density at radius 1 is 1.11 bits per heavy atom. The van der Waals surface area contributed by atoms with Gasteiger partial charge in [-0.2, -0.15) is 0 Å². The van der Waals surface area contributed by atoms with Crippen molar-refractivity contribution in [3.63, 3.8) is 0 Å². The summed E-state index contributed by atoms with van der Waals surface area (Å²) in [6, 6.07) is 17.1. The molecule has 0 amide bonds. The summed E-state index contributed by atoms with van der Waals surface area (Å²) in [6.07, 6.45) is 2.31. The van der Waals surface area contributed by atoms with Crippen LogP contribution in [0.3, 0.4) is 0 Å². The van der Waals surface area contributed by atoms with Crippen LogP contribution in [0.4, 0.5) is 0 Å². The van der Waals surface area contributed by atoms with Gasteiger partial charge in [-0.25, -0.2) is 0 Å². The first-order valence-corrected chi connectivity index (χ1v) is 6.66. The van der Waals surface area contributed by atoms with Gasteiger partial charge in [-0.15, -0.1) is 0 Å². The normalized spacial score (nSPS) is 21.3. The Labute approximate surface area is 108 Å². The van der Waals surface area contributed by atoms with Crippen molar-refractivity contribution in [3.05, 3.63) is 59.2 Å². The van der Waals surface area contributed by atoms with Gasteiger partial charge in [0.05, 0.1) is 0 Å². The van der Waals surface area contributed by atoms with Crippen molar-refractivity contribution < 1.29 is 0 Å². The van der Waals surface area contributed by atoms with Crippen molar-refractivity contribution in [2.45, 2.75) is 18.9 Å². The Bertz CT molecular complexity index is 615. The van der Waals surface area contributed by atoms with E-state index < -0.39 is 0 Å². The van der Waals surface area contributed by atoms with Crippen LogP contribution >= 0.6 is 0 Å². The van der Waals surface area contributed by atoms with E-state index in [-0.39, 0.29) is 0 Å². The smallest absolute Gasteiger partial charge is 0.0394 e. The van der Waals surface area contributed by atoms with E-state index in [0.29, 0.717) is 6.04 Å². The highest BCUT2D eigenvalue weighted by molar-refractivity contribution is 5.75. The van der Waals surface area contributed by atoms with E-state index >= 15 is 0 Å². The first-order chi connectivity index (χ1) is 8.84. The molecule has 0 saturated heterocycles. The summed E-state index contributed by atoms with van der Waals surface area (Å²) in [4.78, 5) is 2.50. The zero-order chi connectivity index (χ0) is 12.1. The molecule has 0 spiro atoms. The first-order valence-electron chi connectivity index (χ1n) is 6.66.